The van der Waals surface area contributed by atoms with Crippen molar-refractivity contribution < 1.29 is 4.42 Å². The lowest BCUT2D eigenvalue weighted by Gasteiger charge is -1.96. The normalized spacial score (nSPS) is 22.7. The fourth-order valence-corrected chi connectivity index (χ4v) is 3.04. The molecule has 0 radical (unpaired) electrons. The number of aromatic nitrogens is 2. The van der Waals surface area contributed by atoms with Gasteiger partial charge in [0.05, 0.1) is 0 Å². The highest BCUT2D eigenvalue weighted by atomic mass is 35.5. The smallest absolute Gasteiger partial charge is 0.240 e. The molecule has 2 atom stereocenters. The molecule has 114 valence electrons. The van der Waals surface area contributed by atoms with E-state index in [1.54, 1.807) is 0 Å². The quantitative estimate of drug-likeness (QED) is 0.761. The van der Waals surface area contributed by atoms with Crippen LogP contribution >= 0.6 is 23.2 Å². The van der Waals surface area contributed by atoms with Crippen LogP contribution < -0.4 is 0 Å². The minimum absolute atomic E-state index is 0.0297. The van der Waals surface area contributed by atoms with Gasteiger partial charge in [-0.2, -0.15) is 0 Å². The van der Waals surface area contributed by atoms with Crippen molar-refractivity contribution in [3.63, 3.8) is 0 Å². The number of hydrogen-bond donors (Lipinski definition) is 0. The molecule has 2 aromatic rings. The Morgan fingerprint density at radius 3 is 2.55 bits per heavy atom. The Morgan fingerprint density at radius 1 is 1.14 bits per heavy atom. The number of allylic oxidation sites excluding steroid dienone is 1. The van der Waals surface area contributed by atoms with Gasteiger partial charge in [0.15, 0.2) is 0 Å². The summed E-state index contributed by atoms with van der Waals surface area (Å²) in [6.45, 7) is 4.28. The molecule has 1 aliphatic rings. The van der Waals surface area contributed by atoms with E-state index in [2.05, 4.69) is 24.0 Å². The molecule has 2 unspecified atom stereocenters. The van der Waals surface area contributed by atoms with Crippen molar-refractivity contribution in [2.45, 2.75) is 19.8 Å². The van der Waals surface area contributed by atoms with Crippen LogP contribution in [0.4, 0.5) is 0 Å². The summed E-state index contributed by atoms with van der Waals surface area (Å²) >= 11 is 11.5. The first-order valence-electron chi connectivity index (χ1n) is 7.08. The van der Waals surface area contributed by atoms with Crippen LogP contribution in [0.3, 0.4) is 0 Å². The molecule has 0 bridgehead atoms. The minimum atomic E-state index is 0.0297. The molecule has 1 fully saturated rings. The maximum absolute atomic E-state index is 5.76. The summed E-state index contributed by atoms with van der Waals surface area (Å²) in [7, 11) is 0. The van der Waals surface area contributed by atoms with Crippen molar-refractivity contribution >= 4 is 35.4 Å². The fourth-order valence-electron chi connectivity index (χ4n) is 2.77. The fraction of sp³-hybridized carbons (Fsp3) is 0.294. The van der Waals surface area contributed by atoms with E-state index in [4.69, 9.17) is 27.6 Å². The molecule has 0 spiro atoms. The van der Waals surface area contributed by atoms with E-state index in [0.717, 1.165) is 5.56 Å². The largest absolute Gasteiger partial charge is 0.421 e. The second kappa shape index (κ2) is 5.90. The summed E-state index contributed by atoms with van der Waals surface area (Å²) in [4.78, 5) is 0. The first-order chi connectivity index (χ1) is 10.5. The van der Waals surface area contributed by atoms with Gasteiger partial charge in [0.1, 0.15) is 4.49 Å². The summed E-state index contributed by atoms with van der Waals surface area (Å²) in [5, 5.41) is 8.24. The van der Waals surface area contributed by atoms with Crippen LogP contribution in [0.2, 0.25) is 0 Å². The van der Waals surface area contributed by atoms with Gasteiger partial charge < -0.3 is 4.42 Å². The lowest BCUT2D eigenvalue weighted by atomic mass is 10.1. The summed E-state index contributed by atoms with van der Waals surface area (Å²) in [6.07, 6.45) is 5.61. The summed E-state index contributed by atoms with van der Waals surface area (Å²) < 4.78 is 6.03. The van der Waals surface area contributed by atoms with Gasteiger partial charge in [-0.25, -0.2) is 0 Å². The molecule has 0 amide bonds. The SMILES string of the molecule is CC1(C)C(C=C(Cl)Cl)C1c1nnc(/C=C/c2ccccc2)o1. The van der Waals surface area contributed by atoms with E-state index < -0.39 is 0 Å². The molecule has 1 heterocycles. The molecule has 5 heteroatoms. The maximum Gasteiger partial charge on any atom is 0.240 e. The third-order valence-electron chi connectivity index (χ3n) is 4.16. The zero-order valence-electron chi connectivity index (χ0n) is 12.3. The number of benzene rings is 1. The highest BCUT2D eigenvalue weighted by Crippen LogP contribution is 2.65. The number of hydrogen-bond acceptors (Lipinski definition) is 3. The second-order valence-electron chi connectivity index (χ2n) is 6.00. The third-order valence-corrected chi connectivity index (χ3v) is 4.41. The van der Waals surface area contributed by atoms with Crippen molar-refractivity contribution in [1.29, 1.82) is 0 Å². The van der Waals surface area contributed by atoms with Gasteiger partial charge in [0, 0.05) is 12.0 Å². The Hall–Kier alpha value is -1.58. The lowest BCUT2D eigenvalue weighted by Crippen LogP contribution is -1.90. The lowest BCUT2D eigenvalue weighted by molar-refractivity contribution is 0.461. The van der Waals surface area contributed by atoms with Crippen molar-refractivity contribution in [2.75, 3.05) is 0 Å². The summed E-state index contributed by atoms with van der Waals surface area (Å²) in [5.74, 6) is 1.52. The number of nitrogens with zero attached hydrogens (tertiary/aromatic N) is 2. The van der Waals surface area contributed by atoms with E-state index >= 15 is 0 Å². The third kappa shape index (κ3) is 3.11. The Morgan fingerprint density at radius 2 is 1.86 bits per heavy atom. The van der Waals surface area contributed by atoms with Crippen LogP contribution in [0.1, 0.15) is 37.1 Å². The van der Waals surface area contributed by atoms with Gasteiger partial charge in [0.2, 0.25) is 11.8 Å². The van der Waals surface area contributed by atoms with E-state index in [1.165, 1.54) is 0 Å². The van der Waals surface area contributed by atoms with Crippen molar-refractivity contribution in [2.24, 2.45) is 11.3 Å². The molecule has 3 nitrogen and oxygen atoms in total. The average Bonchev–Trinajstić information content (AvgIpc) is 2.85. The van der Waals surface area contributed by atoms with E-state index in [-0.39, 0.29) is 21.7 Å². The molecular weight excluding hydrogens is 319 g/mol. The monoisotopic (exact) mass is 334 g/mol. The first kappa shape index (κ1) is 15.3. The molecule has 1 aliphatic carbocycles. The first-order valence-corrected chi connectivity index (χ1v) is 7.83. The number of halogens is 2. The Labute approximate surface area is 139 Å². The second-order valence-corrected chi connectivity index (χ2v) is 7.01. The topological polar surface area (TPSA) is 38.9 Å². The van der Waals surface area contributed by atoms with Crippen LogP contribution in [0.15, 0.2) is 45.3 Å². The summed E-state index contributed by atoms with van der Waals surface area (Å²) in [5.41, 5.74) is 1.12. The van der Waals surface area contributed by atoms with Gasteiger partial charge in [-0.3, -0.25) is 0 Å². The highest BCUT2D eigenvalue weighted by molar-refractivity contribution is 6.55. The Balaban J connectivity index is 1.75. The molecule has 0 saturated heterocycles. The molecule has 1 saturated carbocycles. The van der Waals surface area contributed by atoms with Crippen LogP contribution in [-0.4, -0.2) is 10.2 Å². The Bertz CT molecular complexity index is 715. The zero-order chi connectivity index (χ0) is 15.7. The predicted octanol–water partition coefficient (Wildman–Crippen LogP) is 5.30. The standard InChI is InChI=1S/C17H16Cl2N2O/c1-17(2)12(10-13(18)19)15(17)16-21-20-14(22-16)9-8-11-6-4-3-5-7-11/h3-10,12,15H,1-2H3/b9-8+. The highest BCUT2D eigenvalue weighted by Gasteiger charge is 2.60. The van der Waals surface area contributed by atoms with Crippen LogP contribution in [0.25, 0.3) is 12.2 Å². The molecule has 0 aliphatic heterocycles. The van der Waals surface area contributed by atoms with Gasteiger partial charge in [-0.05, 0) is 29.0 Å². The van der Waals surface area contributed by atoms with Crippen molar-refractivity contribution in [1.82, 2.24) is 10.2 Å². The Kier molecular flexibility index (Phi) is 4.11. The molecule has 22 heavy (non-hydrogen) atoms. The van der Waals surface area contributed by atoms with Gasteiger partial charge >= 0.3 is 0 Å². The van der Waals surface area contributed by atoms with Crippen LogP contribution in [0, 0.1) is 11.3 Å². The molecule has 1 aromatic heterocycles. The molecule has 0 N–H and O–H groups in total. The minimum Gasteiger partial charge on any atom is -0.421 e. The number of rotatable bonds is 4. The van der Waals surface area contributed by atoms with Crippen molar-refractivity contribution in [3.8, 4) is 0 Å². The maximum atomic E-state index is 5.76. The van der Waals surface area contributed by atoms with Gasteiger partial charge in [0.25, 0.3) is 0 Å². The van der Waals surface area contributed by atoms with E-state index in [9.17, 15) is 0 Å². The zero-order valence-corrected chi connectivity index (χ0v) is 13.8. The van der Waals surface area contributed by atoms with Crippen molar-refractivity contribution in [3.05, 3.63) is 58.2 Å². The molecular formula is C17H16Cl2N2O. The summed E-state index contributed by atoms with van der Waals surface area (Å²) in [6, 6.07) is 9.98. The van der Waals surface area contributed by atoms with E-state index in [0.29, 0.717) is 11.8 Å². The van der Waals surface area contributed by atoms with Gasteiger partial charge in [-0.15, -0.1) is 10.2 Å². The molecule has 1 aromatic carbocycles. The van der Waals surface area contributed by atoms with Crippen LogP contribution in [-0.2, 0) is 0 Å². The average molecular weight is 335 g/mol. The van der Waals surface area contributed by atoms with Gasteiger partial charge in [-0.1, -0.05) is 67.4 Å². The van der Waals surface area contributed by atoms with Crippen LogP contribution in [0.5, 0.6) is 0 Å². The molecule has 3 rings (SSSR count). The predicted molar refractivity (Wildman–Crippen MR) is 89.5 cm³/mol. The van der Waals surface area contributed by atoms with E-state index in [1.807, 2.05) is 48.6 Å².